The Hall–Kier alpha value is -2.33. The molecule has 120 valence electrons. The molecular weight excluding hydrogens is 290 g/mol. The molecule has 0 N–H and O–H groups in total. The van der Waals surface area contributed by atoms with Gasteiger partial charge in [0.2, 0.25) is 0 Å². The number of ether oxygens (including phenoxy) is 2. The Bertz CT molecular complexity index is 699. The Morgan fingerprint density at radius 1 is 1.17 bits per heavy atom. The van der Waals surface area contributed by atoms with Crippen LogP contribution in [0.25, 0.3) is 0 Å². The lowest BCUT2D eigenvalue weighted by Crippen LogP contribution is -2.38. The number of methoxy groups -OCH3 is 1. The van der Waals surface area contributed by atoms with Gasteiger partial charge in [0.15, 0.2) is 0 Å². The first kappa shape index (κ1) is 15.6. The monoisotopic (exact) mass is 311 g/mol. The Labute approximate surface area is 136 Å². The van der Waals surface area contributed by atoms with Crippen LogP contribution in [0.3, 0.4) is 0 Å². The van der Waals surface area contributed by atoms with E-state index in [1.165, 1.54) is 11.1 Å². The maximum atomic E-state index is 12.6. The summed E-state index contributed by atoms with van der Waals surface area (Å²) in [5.41, 5.74) is 3.12. The highest BCUT2D eigenvalue weighted by Crippen LogP contribution is 2.22. The van der Waals surface area contributed by atoms with Gasteiger partial charge < -0.3 is 14.4 Å². The van der Waals surface area contributed by atoms with E-state index in [1.807, 2.05) is 24.3 Å². The van der Waals surface area contributed by atoms with Crippen molar-refractivity contribution in [2.75, 3.05) is 20.7 Å². The summed E-state index contributed by atoms with van der Waals surface area (Å²) in [6.45, 7) is 1.17. The van der Waals surface area contributed by atoms with Crippen LogP contribution in [-0.4, -0.2) is 37.6 Å². The molecule has 0 spiro atoms. The number of rotatable bonds is 4. The highest BCUT2D eigenvalue weighted by atomic mass is 16.5. The van der Waals surface area contributed by atoms with Gasteiger partial charge in [-0.1, -0.05) is 36.4 Å². The zero-order chi connectivity index (χ0) is 16.2. The van der Waals surface area contributed by atoms with Crippen molar-refractivity contribution in [2.45, 2.75) is 19.1 Å². The van der Waals surface area contributed by atoms with Crippen LogP contribution in [-0.2, 0) is 17.8 Å². The summed E-state index contributed by atoms with van der Waals surface area (Å²) in [6, 6.07) is 15.6. The number of benzene rings is 2. The second kappa shape index (κ2) is 6.84. The van der Waals surface area contributed by atoms with Crippen LogP contribution in [0.1, 0.15) is 21.5 Å². The summed E-state index contributed by atoms with van der Waals surface area (Å²) in [6.07, 6.45) is 0.855. The second-order valence-electron chi connectivity index (χ2n) is 5.79. The van der Waals surface area contributed by atoms with Crippen LogP contribution < -0.4 is 4.74 Å². The maximum Gasteiger partial charge on any atom is 0.257 e. The van der Waals surface area contributed by atoms with Crippen molar-refractivity contribution in [1.82, 2.24) is 4.90 Å². The van der Waals surface area contributed by atoms with Crippen LogP contribution in [0.2, 0.25) is 0 Å². The molecule has 23 heavy (non-hydrogen) atoms. The number of likely N-dealkylation sites (N-methyl/N-ethyl adjacent to an activating group) is 1. The van der Waals surface area contributed by atoms with E-state index in [0.717, 1.165) is 6.42 Å². The second-order valence-corrected chi connectivity index (χ2v) is 5.79. The first-order valence-electron chi connectivity index (χ1n) is 7.76. The van der Waals surface area contributed by atoms with Crippen molar-refractivity contribution in [3.63, 3.8) is 0 Å². The Kier molecular flexibility index (Phi) is 4.63. The van der Waals surface area contributed by atoms with Crippen molar-refractivity contribution in [3.05, 3.63) is 65.2 Å². The molecule has 4 heteroatoms. The van der Waals surface area contributed by atoms with E-state index in [4.69, 9.17) is 9.47 Å². The van der Waals surface area contributed by atoms with Gasteiger partial charge in [0.05, 0.1) is 25.4 Å². The van der Waals surface area contributed by atoms with Gasteiger partial charge in [-0.05, 0) is 23.3 Å². The fourth-order valence-corrected chi connectivity index (χ4v) is 2.94. The molecule has 2 aromatic rings. The van der Waals surface area contributed by atoms with Gasteiger partial charge in [-0.2, -0.15) is 0 Å². The molecule has 0 aromatic heterocycles. The molecular formula is C19H21NO3. The first-order valence-corrected chi connectivity index (χ1v) is 7.76. The molecule has 1 unspecified atom stereocenters. The smallest absolute Gasteiger partial charge is 0.257 e. The fourth-order valence-electron chi connectivity index (χ4n) is 2.94. The highest BCUT2D eigenvalue weighted by molar-refractivity contribution is 5.96. The topological polar surface area (TPSA) is 38.8 Å². The van der Waals surface area contributed by atoms with Crippen molar-refractivity contribution in [1.29, 1.82) is 0 Å². The third-order valence-corrected chi connectivity index (χ3v) is 4.20. The number of carbonyl (C=O) groups is 1. The van der Waals surface area contributed by atoms with E-state index < -0.39 is 0 Å². The van der Waals surface area contributed by atoms with Crippen molar-refractivity contribution >= 4 is 5.91 Å². The molecule has 1 aliphatic heterocycles. The molecule has 0 fully saturated rings. The van der Waals surface area contributed by atoms with Crippen LogP contribution >= 0.6 is 0 Å². The molecule has 2 aromatic carbocycles. The van der Waals surface area contributed by atoms with Crippen molar-refractivity contribution in [3.8, 4) is 5.75 Å². The number of para-hydroxylation sites is 1. The first-order chi connectivity index (χ1) is 11.2. The number of amides is 1. The molecule has 0 aliphatic carbocycles. The van der Waals surface area contributed by atoms with Gasteiger partial charge in [-0.3, -0.25) is 4.79 Å². The molecule has 4 nitrogen and oxygen atoms in total. The molecule has 0 saturated carbocycles. The average Bonchev–Trinajstić information content (AvgIpc) is 2.60. The van der Waals surface area contributed by atoms with Crippen LogP contribution in [0.5, 0.6) is 5.75 Å². The van der Waals surface area contributed by atoms with E-state index in [1.54, 1.807) is 31.2 Å². The van der Waals surface area contributed by atoms with Gasteiger partial charge in [0.1, 0.15) is 5.75 Å². The minimum absolute atomic E-state index is 0.0218. The largest absolute Gasteiger partial charge is 0.496 e. The van der Waals surface area contributed by atoms with Gasteiger partial charge in [0.25, 0.3) is 5.91 Å². The normalized spacial score (nSPS) is 16.5. The molecule has 1 aliphatic rings. The lowest BCUT2D eigenvalue weighted by atomic mass is 9.99. The van der Waals surface area contributed by atoms with Crippen LogP contribution in [0, 0.1) is 0 Å². The van der Waals surface area contributed by atoms with Crippen molar-refractivity contribution < 1.29 is 14.3 Å². The zero-order valence-electron chi connectivity index (χ0n) is 13.5. The van der Waals surface area contributed by atoms with E-state index >= 15 is 0 Å². The van der Waals surface area contributed by atoms with Gasteiger partial charge >= 0.3 is 0 Å². The van der Waals surface area contributed by atoms with Gasteiger partial charge in [0, 0.05) is 20.0 Å². The third-order valence-electron chi connectivity index (χ3n) is 4.20. The number of carbonyl (C=O) groups excluding carboxylic acids is 1. The third kappa shape index (κ3) is 3.37. The van der Waals surface area contributed by atoms with Gasteiger partial charge in [-0.15, -0.1) is 0 Å². The maximum absolute atomic E-state index is 12.6. The average molecular weight is 311 g/mol. The van der Waals surface area contributed by atoms with Crippen LogP contribution in [0.15, 0.2) is 48.5 Å². The van der Waals surface area contributed by atoms with E-state index in [9.17, 15) is 4.79 Å². The molecule has 1 heterocycles. The van der Waals surface area contributed by atoms with E-state index in [-0.39, 0.29) is 12.0 Å². The van der Waals surface area contributed by atoms with E-state index in [2.05, 4.69) is 12.1 Å². The van der Waals surface area contributed by atoms with Crippen LogP contribution in [0.4, 0.5) is 0 Å². The van der Waals surface area contributed by atoms with E-state index in [0.29, 0.717) is 24.5 Å². The molecule has 1 atom stereocenters. The molecule has 0 bridgehead atoms. The summed E-state index contributed by atoms with van der Waals surface area (Å²) >= 11 is 0. The minimum Gasteiger partial charge on any atom is -0.496 e. The summed E-state index contributed by atoms with van der Waals surface area (Å²) < 4.78 is 11.2. The number of hydrogen-bond acceptors (Lipinski definition) is 3. The summed E-state index contributed by atoms with van der Waals surface area (Å²) in [4.78, 5) is 14.3. The summed E-state index contributed by atoms with van der Waals surface area (Å²) in [5, 5.41) is 0. The standard InChI is InChI=1S/C19H21NO3/c1-20(19(21)17-9-5-6-10-18(17)22-2)12-16-11-14-7-3-4-8-15(14)13-23-16/h3-10,16H,11-13H2,1-2H3. The Morgan fingerprint density at radius 2 is 1.87 bits per heavy atom. The number of fused-ring (bicyclic) bond motifs is 1. The van der Waals surface area contributed by atoms with Gasteiger partial charge in [-0.25, -0.2) is 0 Å². The number of nitrogens with zero attached hydrogens (tertiary/aromatic N) is 1. The molecule has 3 rings (SSSR count). The summed E-state index contributed by atoms with van der Waals surface area (Å²) in [5.74, 6) is 0.546. The summed E-state index contributed by atoms with van der Waals surface area (Å²) in [7, 11) is 3.38. The van der Waals surface area contributed by atoms with Crippen molar-refractivity contribution in [2.24, 2.45) is 0 Å². The highest BCUT2D eigenvalue weighted by Gasteiger charge is 2.23. The lowest BCUT2D eigenvalue weighted by molar-refractivity contribution is 0.00978. The molecule has 0 radical (unpaired) electrons. The molecule has 0 saturated heterocycles. The molecule has 1 amide bonds. The Balaban J connectivity index is 1.68. The predicted molar refractivity (Wildman–Crippen MR) is 88.7 cm³/mol. The minimum atomic E-state index is -0.0510. The SMILES string of the molecule is COc1ccccc1C(=O)N(C)CC1Cc2ccccc2CO1. The number of hydrogen-bond donors (Lipinski definition) is 0. The predicted octanol–water partition coefficient (Wildman–Crippen LogP) is 2.91. The zero-order valence-corrected chi connectivity index (χ0v) is 13.5. The fraction of sp³-hybridized carbons (Fsp3) is 0.316. The quantitative estimate of drug-likeness (QED) is 0.871. The Morgan fingerprint density at radius 3 is 2.65 bits per heavy atom. The lowest BCUT2D eigenvalue weighted by Gasteiger charge is -2.29.